The van der Waals surface area contributed by atoms with Gasteiger partial charge in [0.1, 0.15) is 0 Å². The average Bonchev–Trinajstić information content (AvgIpc) is 2.20. The van der Waals surface area contributed by atoms with Crippen LogP contribution in [0.1, 0.15) is 0 Å². The van der Waals surface area contributed by atoms with Gasteiger partial charge in [-0.15, -0.1) is 0 Å². The molecular weight excluding hydrogens is 223 g/mol. The van der Waals surface area contributed by atoms with Gasteiger partial charge in [-0.05, 0) is 0 Å². The Bertz CT molecular complexity index is 376. The molecule has 0 atom stereocenters. The summed E-state index contributed by atoms with van der Waals surface area (Å²) in [5.74, 6) is 0. The van der Waals surface area contributed by atoms with Crippen LogP contribution in [0.4, 0.5) is 0 Å². The summed E-state index contributed by atoms with van der Waals surface area (Å²) in [5.41, 5.74) is 2.55. The molecule has 2 rings (SSSR count). The minimum absolute atomic E-state index is 1.24. The van der Waals surface area contributed by atoms with Crippen molar-refractivity contribution in [2.45, 2.75) is 0 Å². The molecule has 0 aliphatic heterocycles. The van der Waals surface area contributed by atoms with Crippen LogP contribution >= 0.6 is 0 Å². The predicted molar refractivity (Wildman–Crippen MR) is 58.7 cm³/mol. The third-order valence-electron chi connectivity index (χ3n) is 1.97. The molecule has 0 saturated heterocycles. The molecule has 0 amide bonds. The minimum atomic E-state index is 1.24. The monoisotopic (exact) mass is 234 g/mol. The van der Waals surface area contributed by atoms with E-state index in [1.807, 2.05) is 6.07 Å². The molecule has 0 aromatic heterocycles. The van der Waals surface area contributed by atoms with Crippen LogP contribution in [0.15, 0.2) is 54.6 Å². The fourth-order valence-electron chi connectivity index (χ4n) is 1.28. The van der Waals surface area contributed by atoms with Crippen molar-refractivity contribution in [3.05, 3.63) is 54.6 Å². The van der Waals surface area contributed by atoms with E-state index in [2.05, 4.69) is 64.5 Å². The molecule has 1 heteroatoms. The third kappa shape index (κ3) is 2.00. The van der Waals surface area contributed by atoms with E-state index in [4.69, 9.17) is 0 Å². The fourth-order valence-corrected chi connectivity index (χ4v) is 1.60. The first-order valence-corrected chi connectivity index (χ1v) is 5.14. The van der Waals surface area contributed by atoms with Crippen LogP contribution in [0.2, 0.25) is 0 Å². The molecule has 2 aromatic rings. The number of hydrogen-bond acceptors (Lipinski definition) is 0. The summed E-state index contributed by atoms with van der Waals surface area (Å²) < 4.78 is 1.24. The Morgan fingerprint density at radius 1 is 0.615 bits per heavy atom. The van der Waals surface area contributed by atoms with E-state index in [9.17, 15) is 0 Å². The van der Waals surface area contributed by atoms with E-state index in [-0.39, 0.29) is 0 Å². The number of hydrogen-bond donors (Lipinski definition) is 0. The Hall–Kier alpha value is -1.04. The van der Waals surface area contributed by atoms with Gasteiger partial charge in [-0.1, -0.05) is 0 Å². The summed E-state index contributed by atoms with van der Waals surface area (Å²) in [5, 5.41) is 0. The molecule has 0 saturated carbocycles. The second-order valence-corrected chi connectivity index (χ2v) is 4.00. The van der Waals surface area contributed by atoms with Gasteiger partial charge in [-0.2, -0.15) is 0 Å². The van der Waals surface area contributed by atoms with Gasteiger partial charge in [0.05, 0.1) is 0 Å². The quantitative estimate of drug-likeness (QED) is 0.660. The van der Waals surface area contributed by atoms with Crippen molar-refractivity contribution in [1.29, 1.82) is 0 Å². The van der Waals surface area contributed by atoms with Gasteiger partial charge in [0.2, 0.25) is 0 Å². The van der Waals surface area contributed by atoms with E-state index < -0.39 is 0 Å². The first-order chi connectivity index (χ1) is 6.36. The average molecular weight is 233 g/mol. The molecule has 2 aromatic carbocycles. The molecule has 64 valence electrons. The number of rotatable bonds is 1. The third-order valence-corrected chi connectivity index (χ3v) is 2.60. The van der Waals surface area contributed by atoms with Gasteiger partial charge in [0.25, 0.3) is 0 Å². The Labute approximate surface area is 86.4 Å². The zero-order valence-corrected chi connectivity index (χ0v) is 9.02. The van der Waals surface area contributed by atoms with Crippen molar-refractivity contribution in [3.63, 3.8) is 0 Å². The van der Waals surface area contributed by atoms with Crippen molar-refractivity contribution in [1.82, 2.24) is 0 Å². The zero-order chi connectivity index (χ0) is 9.10. The second kappa shape index (κ2) is 3.78. The summed E-state index contributed by atoms with van der Waals surface area (Å²) >= 11 is 2.54. The summed E-state index contributed by atoms with van der Waals surface area (Å²) in [6.07, 6.45) is 0. The molecule has 0 unspecified atom stereocenters. The van der Waals surface area contributed by atoms with Crippen molar-refractivity contribution in [3.8, 4) is 11.1 Å². The molecule has 0 N–H and O–H groups in total. The van der Waals surface area contributed by atoms with E-state index in [1.54, 1.807) is 0 Å². The molecule has 0 aliphatic rings. The van der Waals surface area contributed by atoms with E-state index in [0.29, 0.717) is 0 Å². The Kier molecular flexibility index (Phi) is 2.49. The molecule has 0 bridgehead atoms. The van der Waals surface area contributed by atoms with Crippen LogP contribution in [0, 0.1) is 0 Å². The maximum atomic E-state index is 2.54. The van der Waals surface area contributed by atoms with Gasteiger partial charge >= 0.3 is 86.2 Å². The van der Waals surface area contributed by atoms with Gasteiger partial charge in [-0.3, -0.25) is 0 Å². The van der Waals surface area contributed by atoms with Crippen molar-refractivity contribution >= 4 is 20.5 Å². The predicted octanol–water partition coefficient (Wildman–Crippen LogP) is 1.88. The maximum absolute atomic E-state index is 2.54. The first kappa shape index (κ1) is 8.55. The summed E-state index contributed by atoms with van der Waals surface area (Å²) in [7, 11) is 0. The van der Waals surface area contributed by atoms with Crippen LogP contribution in [0.25, 0.3) is 11.1 Å². The van der Waals surface area contributed by atoms with Crippen LogP contribution in [-0.2, 0) is 0 Å². The SMILES string of the molecule is [SeH]c1ccc(-c2ccccc2)cc1. The van der Waals surface area contributed by atoms with E-state index in [1.165, 1.54) is 15.6 Å². The molecule has 0 aliphatic carbocycles. The second-order valence-electron chi connectivity index (χ2n) is 2.91. The van der Waals surface area contributed by atoms with Crippen molar-refractivity contribution < 1.29 is 0 Å². The molecule has 13 heavy (non-hydrogen) atoms. The molecular formula is C12H10Se. The first-order valence-electron chi connectivity index (χ1n) is 4.21. The Balaban J connectivity index is 2.42. The fraction of sp³-hybridized carbons (Fsp3) is 0. The van der Waals surface area contributed by atoms with Gasteiger partial charge in [-0.25, -0.2) is 0 Å². The molecule has 0 spiro atoms. The van der Waals surface area contributed by atoms with Crippen LogP contribution in [0.3, 0.4) is 0 Å². The van der Waals surface area contributed by atoms with Crippen LogP contribution in [0.5, 0.6) is 0 Å². The van der Waals surface area contributed by atoms with Gasteiger partial charge in [0.15, 0.2) is 0 Å². The molecule has 0 nitrogen and oxygen atoms in total. The Morgan fingerprint density at radius 2 is 1.15 bits per heavy atom. The summed E-state index contributed by atoms with van der Waals surface area (Å²) in [6, 6.07) is 18.9. The summed E-state index contributed by atoms with van der Waals surface area (Å²) in [6.45, 7) is 0. The zero-order valence-electron chi connectivity index (χ0n) is 7.14. The van der Waals surface area contributed by atoms with E-state index >= 15 is 0 Å². The van der Waals surface area contributed by atoms with Gasteiger partial charge in [0, 0.05) is 0 Å². The Morgan fingerprint density at radius 3 is 1.77 bits per heavy atom. The van der Waals surface area contributed by atoms with Crippen molar-refractivity contribution in [2.75, 3.05) is 0 Å². The topological polar surface area (TPSA) is 0 Å². The summed E-state index contributed by atoms with van der Waals surface area (Å²) in [4.78, 5) is 0. The van der Waals surface area contributed by atoms with Gasteiger partial charge < -0.3 is 0 Å². The van der Waals surface area contributed by atoms with E-state index in [0.717, 1.165) is 0 Å². The van der Waals surface area contributed by atoms with Crippen LogP contribution in [-0.4, -0.2) is 16.0 Å². The molecule has 0 fully saturated rings. The van der Waals surface area contributed by atoms with Crippen LogP contribution < -0.4 is 4.46 Å². The normalized spacial score (nSPS) is 9.92. The molecule has 0 heterocycles. The molecule has 0 radical (unpaired) electrons. The standard InChI is InChI=1S/C12H10Se/c13-12-8-6-11(7-9-12)10-4-2-1-3-5-10/h1-9,13H. The number of benzene rings is 2. The van der Waals surface area contributed by atoms with Crippen molar-refractivity contribution in [2.24, 2.45) is 0 Å².